The summed E-state index contributed by atoms with van der Waals surface area (Å²) in [5, 5.41) is 3.78. The summed E-state index contributed by atoms with van der Waals surface area (Å²) < 4.78 is 28.8. The second-order valence-electron chi connectivity index (χ2n) is 9.82. The Morgan fingerprint density at radius 3 is 2.02 bits per heavy atom. The molecular formula is C29H32Cl3N3O4S. The molecule has 2 amide bonds. The zero-order chi connectivity index (χ0) is 29.8. The number of halogens is 3. The van der Waals surface area contributed by atoms with Gasteiger partial charge >= 0.3 is 0 Å². The SMILES string of the molecule is Cc1ccc(S(=O)(=O)N(CC(=O)N(Cc2c(Cl)cccc2Cl)[C@H](C)C(=O)NC(C)C)c2ccc(C)c(Cl)c2)cc1. The Morgan fingerprint density at radius 2 is 1.48 bits per heavy atom. The first-order valence-corrected chi connectivity index (χ1v) is 15.2. The minimum atomic E-state index is -4.21. The van der Waals surface area contributed by atoms with Crippen LogP contribution >= 0.6 is 34.8 Å². The number of aryl methyl sites for hydroxylation is 2. The van der Waals surface area contributed by atoms with Crippen LogP contribution < -0.4 is 9.62 Å². The fraction of sp³-hybridized carbons (Fsp3) is 0.310. The Bertz CT molecular complexity index is 1470. The fourth-order valence-electron chi connectivity index (χ4n) is 3.94. The molecule has 0 heterocycles. The van der Waals surface area contributed by atoms with Crippen LogP contribution in [0, 0.1) is 13.8 Å². The van der Waals surface area contributed by atoms with E-state index in [9.17, 15) is 18.0 Å². The molecule has 0 aliphatic rings. The third kappa shape index (κ3) is 7.49. The molecule has 3 aromatic carbocycles. The molecule has 1 atom stereocenters. The van der Waals surface area contributed by atoms with Crippen molar-refractivity contribution in [2.45, 2.75) is 58.1 Å². The van der Waals surface area contributed by atoms with Crippen molar-refractivity contribution < 1.29 is 18.0 Å². The van der Waals surface area contributed by atoms with Gasteiger partial charge in [0.05, 0.1) is 10.6 Å². The van der Waals surface area contributed by atoms with Gasteiger partial charge in [0.15, 0.2) is 0 Å². The van der Waals surface area contributed by atoms with Gasteiger partial charge in [0.1, 0.15) is 12.6 Å². The van der Waals surface area contributed by atoms with E-state index in [2.05, 4.69) is 5.32 Å². The van der Waals surface area contributed by atoms with Crippen LogP contribution in [0.1, 0.15) is 37.5 Å². The molecule has 0 radical (unpaired) electrons. The molecule has 7 nitrogen and oxygen atoms in total. The summed E-state index contributed by atoms with van der Waals surface area (Å²) in [6, 6.07) is 14.9. The lowest BCUT2D eigenvalue weighted by molar-refractivity contribution is -0.139. The van der Waals surface area contributed by atoms with Crippen LogP contribution in [-0.2, 0) is 26.2 Å². The summed E-state index contributed by atoms with van der Waals surface area (Å²) in [4.78, 5) is 28.3. The lowest BCUT2D eigenvalue weighted by atomic mass is 10.1. The molecule has 0 saturated heterocycles. The van der Waals surface area contributed by atoms with E-state index in [1.54, 1.807) is 70.2 Å². The van der Waals surface area contributed by atoms with Gasteiger partial charge in [-0.05, 0) is 76.6 Å². The molecule has 214 valence electrons. The Balaban J connectivity index is 2.10. The molecular weight excluding hydrogens is 593 g/mol. The Morgan fingerprint density at radius 1 is 0.875 bits per heavy atom. The van der Waals surface area contributed by atoms with E-state index < -0.39 is 34.4 Å². The highest BCUT2D eigenvalue weighted by molar-refractivity contribution is 7.92. The Labute approximate surface area is 251 Å². The van der Waals surface area contributed by atoms with E-state index in [-0.39, 0.29) is 23.2 Å². The number of hydrogen-bond acceptors (Lipinski definition) is 4. The van der Waals surface area contributed by atoms with Crippen molar-refractivity contribution in [2.24, 2.45) is 0 Å². The molecule has 40 heavy (non-hydrogen) atoms. The summed E-state index contributed by atoms with van der Waals surface area (Å²) in [5.41, 5.74) is 2.28. The van der Waals surface area contributed by atoms with Gasteiger partial charge in [0.25, 0.3) is 10.0 Å². The smallest absolute Gasteiger partial charge is 0.264 e. The first kappa shape index (κ1) is 31.7. The molecule has 0 fully saturated rings. The van der Waals surface area contributed by atoms with Crippen molar-refractivity contribution >= 4 is 62.3 Å². The quantitative estimate of drug-likeness (QED) is 0.283. The Hall–Kier alpha value is -2.78. The van der Waals surface area contributed by atoms with Gasteiger partial charge in [-0.3, -0.25) is 13.9 Å². The predicted octanol–water partition coefficient (Wildman–Crippen LogP) is 6.40. The standard InChI is InChI=1S/C29H32Cl3N3O4S/c1-18(2)33-29(37)21(5)34(16-24-25(30)7-6-8-26(24)31)28(36)17-35(22-12-11-20(4)27(32)15-22)40(38,39)23-13-9-19(3)10-14-23/h6-15,18,21H,16-17H2,1-5H3,(H,33,37)/t21-/m1/s1. The fourth-order valence-corrected chi connectivity index (χ4v) is 6.04. The topological polar surface area (TPSA) is 86.8 Å². The van der Waals surface area contributed by atoms with E-state index in [1.165, 1.54) is 23.1 Å². The van der Waals surface area contributed by atoms with Gasteiger partial charge in [-0.2, -0.15) is 0 Å². The number of benzene rings is 3. The van der Waals surface area contributed by atoms with Gasteiger partial charge in [0.2, 0.25) is 11.8 Å². The Kier molecular flexibility index (Phi) is 10.5. The molecule has 0 spiro atoms. The van der Waals surface area contributed by atoms with E-state index in [0.29, 0.717) is 20.6 Å². The molecule has 0 aliphatic heterocycles. The van der Waals surface area contributed by atoms with Gasteiger partial charge < -0.3 is 10.2 Å². The van der Waals surface area contributed by atoms with Gasteiger partial charge in [-0.25, -0.2) is 8.42 Å². The molecule has 11 heteroatoms. The van der Waals surface area contributed by atoms with E-state index in [0.717, 1.165) is 15.4 Å². The van der Waals surface area contributed by atoms with Crippen molar-refractivity contribution in [2.75, 3.05) is 10.8 Å². The number of sulfonamides is 1. The number of carbonyl (C=O) groups is 2. The van der Waals surface area contributed by atoms with Crippen molar-refractivity contribution in [3.05, 3.63) is 92.4 Å². The maximum absolute atomic E-state index is 14.0. The van der Waals surface area contributed by atoms with Gasteiger partial charge in [-0.1, -0.05) is 64.6 Å². The molecule has 0 unspecified atom stereocenters. The zero-order valence-corrected chi connectivity index (χ0v) is 26.0. The molecule has 0 bridgehead atoms. The number of hydrogen-bond donors (Lipinski definition) is 1. The highest BCUT2D eigenvalue weighted by Gasteiger charge is 2.33. The maximum atomic E-state index is 14.0. The highest BCUT2D eigenvalue weighted by atomic mass is 35.5. The second-order valence-corrected chi connectivity index (χ2v) is 12.9. The van der Waals surface area contributed by atoms with E-state index >= 15 is 0 Å². The van der Waals surface area contributed by atoms with E-state index in [4.69, 9.17) is 34.8 Å². The highest BCUT2D eigenvalue weighted by Crippen LogP contribution is 2.30. The minimum Gasteiger partial charge on any atom is -0.352 e. The van der Waals surface area contributed by atoms with Gasteiger partial charge in [0, 0.05) is 33.2 Å². The molecule has 0 aliphatic carbocycles. The third-order valence-corrected chi connectivity index (χ3v) is 9.22. The number of rotatable bonds is 10. The van der Waals surface area contributed by atoms with Crippen LogP contribution in [0.4, 0.5) is 5.69 Å². The number of amides is 2. The first-order chi connectivity index (χ1) is 18.7. The van der Waals surface area contributed by atoms with Crippen LogP contribution in [0.5, 0.6) is 0 Å². The van der Waals surface area contributed by atoms with Crippen molar-refractivity contribution in [3.8, 4) is 0 Å². The maximum Gasteiger partial charge on any atom is 0.264 e. The lowest BCUT2D eigenvalue weighted by Gasteiger charge is -2.32. The molecule has 0 aromatic heterocycles. The number of carbonyl (C=O) groups excluding carboxylic acids is 2. The van der Waals surface area contributed by atoms with E-state index in [1.807, 2.05) is 6.92 Å². The number of anilines is 1. The first-order valence-electron chi connectivity index (χ1n) is 12.6. The molecule has 0 saturated carbocycles. The lowest BCUT2D eigenvalue weighted by Crippen LogP contribution is -2.52. The number of nitrogens with one attached hydrogen (secondary N) is 1. The average Bonchev–Trinajstić information content (AvgIpc) is 2.88. The van der Waals surface area contributed by atoms with Crippen LogP contribution in [-0.4, -0.2) is 43.8 Å². The predicted molar refractivity (Wildman–Crippen MR) is 162 cm³/mol. The summed E-state index contributed by atoms with van der Waals surface area (Å²) in [6.45, 7) is 8.10. The molecule has 3 aromatic rings. The van der Waals surface area contributed by atoms with Gasteiger partial charge in [-0.15, -0.1) is 0 Å². The largest absolute Gasteiger partial charge is 0.352 e. The summed E-state index contributed by atoms with van der Waals surface area (Å²) >= 11 is 19.2. The summed E-state index contributed by atoms with van der Waals surface area (Å²) in [6.07, 6.45) is 0. The number of nitrogens with zero attached hydrogens (tertiary/aromatic N) is 2. The zero-order valence-electron chi connectivity index (χ0n) is 22.9. The van der Waals surface area contributed by atoms with Crippen LogP contribution in [0.2, 0.25) is 15.1 Å². The van der Waals surface area contributed by atoms with Crippen molar-refractivity contribution in [1.29, 1.82) is 0 Å². The van der Waals surface area contributed by atoms with Crippen LogP contribution in [0.3, 0.4) is 0 Å². The second kappa shape index (κ2) is 13.3. The third-order valence-electron chi connectivity index (χ3n) is 6.32. The minimum absolute atomic E-state index is 0.00824. The van der Waals surface area contributed by atoms with Crippen LogP contribution in [0.25, 0.3) is 0 Å². The van der Waals surface area contributed by atoms with Crippen molar-refractivity contribution in [1.82, 2.24) is 10.2 Å². The summed E-state index contributed by atoms with van der Waals surface area (Å²) in [5.74, 6) is -1.03. The summed E-state index contributed by atoms with van der Waals surface area (Å²) in [7, 11) is -4.21. The van der Waals surface area contributed by atoms with Crippen LogP contribution in [0.15, 0.2) is 65.6 Å². The monoisotopic (exact) mass is 623 g/mol. The van der Waals surface area contributed by atoms with Crippen molar-refractivity contribution in [3.63, 3.8) is 0 Å². The normalized spacial score (nSPS) is 12.2. The molecule has 3 rings (SSSR count). The average molecular weight is 625 g/mol. The molecule has 1 N–H and O–H groups in total.